The third kappa shape index (κ3) is 15.7. The van der Waals surface area contributed by atoms with Crippen molar-refractivity contribution in [3.8, 4) is 55.9 Å². The molecule has 2 aliphatic heterocycles. The lowest BCUT2D eigenvalue weighted by molar-refractivity contribution is 0.410. The summed E-state index contributed by atoms with van der Waals surface area (Å²) in [6, 6.07) is 48.9. The van der Waals surface area contributed by atoms with Crippen LogP contribution >= 0.6 is 0 Å². The van der Waals surface area contributed by atoms with E-state index in [1.165, 1.54) is 9.13 Å². The third-order valence-electron chi connectivity index (χ3n) is 22.1. The lowest BCUT2D eigenvalue weighted by Crippen LogP contribution is -2.61. The number of para-hydroxylation sites is 4. The number of benzene rings is 13. The van der Waals surface area contributed by atoms with E-state index in [4.69, 9.17) is 0 Å². The maximum Gasteiger partial charge on any atom is 0.252 e. The zero-order chi connectivity index (χ0) is 99.9. The van der Waals surface area contributed by atoms with Crippen molar-refractivity contribution in [2.24, 2.45) is 32.5 Å². The van der Waals surface area contributed by atoms with Crippen molar-refractivity contribution in [2.75, 3.05) is 9.80 Å². The Labute approximate surface area is 726 Å². The van der Waals surface area contributed by atoms with Gasteiger partial charge in [-0.3, -0.25) is 0 Å². The first kappa shape index (κ1) is 58.1. The van der Waals surface area contributed by atoms with Crippen molar-refractivity contribution in [3.63, 3.8) is 0 Å². The lowest BCUT2D eigenvalue weighted by Gasteiger charge is -2.46. The highest BCUT2D eigenvalue weighted by Crippen LogP contribution is 2.54. The Bertz CT molecular complexity index is 7030. The molecule has 13 aromatic carbocycles. The van der Waals surface area contributed by atoms with E-state index in [0.717, 1.165) is 55.5 Å². The molecule has 0 saturated carbocycles. The zero-order valence-electron chi connectivity index (χ0n) is 91.9. The smallest absolute Gasteiger partial charge is 0.252 e. The quantitative estimate of drug-likeness (QED) is 0.101. The van der Waals surface area contributed by atoms with Gasteiger partial charge in [-0.05, 0) is 250 Å². The van der Waals surface area contributed by atoms with Crippen molar-refractivity contribution in [1.82, 2.24) is 9.13 Å². The van der Waals surface area contributed by atoms with Crippen LogP contribution < -0.4 is 26.2 Å². The van der Waals surface area contributed by atoms with E-state index in [1.807, 2.05) is 126 Å². The fourth-order valence-electron chi connectivity index (χ4n) is 17.9. The van der Waals surface area contributed by atoms with E-state index in [0.29, 0.717) is 104 Å². The van der Waals surface area contributed by atoms with E-state index in [9.17, 15) is 27.4 Å². The highest BCUT2D eigenvalue weighted by atomic mass is 15.2. The molecular formula is C112H119BN4. The first-order valence-electron chi connectivity index (χ1n) is 51.4. The Kier molecular flexibility index (Phi) is 14.4. The standard InChI is InChI=1S/C112H119BN4/c1-106(2,3)66-72-34-30-38-76(54-72)89-64-99(91(58-80(89)70-110(13,14)15)78-40-32-36-74(56-78)68-108(7,8)9)116-101-62-83(114-95-46-26-22-42-85(95)86-43-23-27-47-96(86)114)50-52-93(101)113-94-53-51-84(115-97-48-28-24-44-87(97)88-45-25-29-49-98(88)115)63-102(94)117(104-61-82(112(19,20)21)60-103(116)105(104)113)100-65-90(77-39-31-35-73(55-77)67-107(4,5)6)81(71-111(16,17)18)59-92(100)79-41-33-37-75(57-79)69-109(10,11)12/h22-65H,66-71H2,1-21H3/i22D,23D,24D,25D,26D,27D,28D,29D,42D,43D,44D,45D,46D,47D,48D,49D,70D2,71D2. The van der Waals surface area contributed by atoms with Crippen molar-refractivity contribution in [3.05, 3.63) is 305 Å². The van der Waals surface area contributed by atoms with Crippen molar-refractivity contribution < 1.29 is 27.4 Å². The summed E-state index contributed by atoms with van der Waals surface area (Å²) in [6.45, 7) is 43.3. The average molecular weight is 1550 g/mol. The Morgan fingerprint density at radius 2 is 0.590 bits per heavy atom. The Morgan fingerprint density at radius 1 is 0.291 bits per heavy atom. The molecule has 15 aromatic rings. The normalized spacial score (nSPS) is 16.2. The van der Waals surface area contributed by atoms with Gasteiger partial charge in [0.15, 0.2) is 0 Å². The largest absolute Gasteiger partial charge is 0.311 e. The summed E-state index contributed by atoms with van der Waals surface area (Å²) in [5.41, 5.74) is 13.0. The van der Waals surface area contributed by atoms with Crippen LogP contribution in [0, 0.1) is 32.5 Å². The monoisotopic (exact) mass is 1550 g/mol. The summed E-state index contributed by atoms with van der Waals surface area (Å²) in [5.74, 6) is 0. The first-order chi connectivity index (χ1) is 63.5. The number of hydrogen-bond donors (Lipinski definition) is 0. The van der Waals surface area contributed by atoms with Crippen molar-refractivity contribution >= 4 is 101 Å². The fourth-order valence-corrected chi connectivity index (χ4v) is 17.9. The van der Waals surface area contributed by atoms with E-state index in [-0.39, 0.29) is 76.6 Å². The third-order valence-corrected chi connectivity index (χ3v) is 22.1. The number of nitrogens with zero attached hydrogens (tertiary/aromatic N) is 4. The van der Waals surface area contributed by atoms with Gasteiger partial charge >= 0.3 is 0 Å². The minimum absolute atomic E-state index is 0.104. The molecule has 4 nitrogen and oxygen atoms in total. The molecule has 0 radical (unpaired) electrons. The van der Waals surface area contributed by atoms with E-state index in [2.05, 4.69) is 199 Å². The van der Waals surface area contributed by atoms with Crippen LogP contribution in [-0.4, -0.2) is 15.8 Å². The number of fused-ring (bicyclic) bond motifs is 10. The summed E-state index contributed by atoms with van der Waals surface area (Å²) in [7, 11) is 0. The minimum Gasteiger partial charge on any atom is -0.311 e. The highest BCUT2D eigenvalue weighted by Gasteiger charge is 2.46. The van der Waals surface area contributed by atoms with E-state index < -0.39 is 132 Å². The molecule has 0 atom stereocenters. The van der Waals surface area contributed by atoms with Gasteiger partial charge in [-0.2, -0.15) is 0 Å². The number of anilines is 6. The second kappa shape index (κ2) is 29.0. The molecule has 4 heterocycles. The van der Waals surface area contributed by atoms with Crippen LogP contribution in [0.5, 0.6) is 0 Å². The number of hydrogen-bond acceptors (Lipinski definition) is 2. The molecular weight excluding hydrogens is 1410 g/mol. The van der Waals surface area contributed by atoms with E-state index in [1.54, 1.807) is 0 Å². The van der Waals surface area contributed by atoms with Crippen molar-refractivity contribution in [1.29, 1.82) is 0 Å². The Hall–Kier alpha value is -10.9. The van der Waals surface area contributed by atoms with Gasteiger partial charge in [0.25, 0.3) is 6.71 Å². The SMILES string of the molecule is [2H]c1c([2H])c([2H])c2c(c1[2H])c1c([2H])c([2H])c([2H])c([2H])c1n2-c1ccc2c(c1)N(c1cc(-c3cccc(CC(C)(C)C)c3)c(C([2H])([2H])C(C)(C)C)cc1-c1cccc(CC(C)(C)C)c1)c1cc(C(C)(C)C)cc3c1B2c1ccc(-n2c4c([2H])c([2H])c([2H])c([2H])c4c4c([2H])c([2H])c([2H])c([2H])c42)cc1N3c1cc(-c2cccc(CC(C)(C)C)c2)c(C([2H])([2H])C(C)(C)C)cc1-c1cccc(CC(C)(C)C)c1. The molecule has 2 aromatic heterocycles. The van der Waals surface area contributed by atoms with Gasteiger partial charge in [-0.1, -0.05) is 327 Å². The van der Waals surface area contributed by atoms with Gasteiger partial charge in [0, 0.05) is 72.3 Å². The first-order valence-corrected chi connectivity index (χ1v) is 41.4. The van der Waals surface area contributed by atoms with Crippen LogP contribution in [0.1, 0.15) is 212 Å². The molecule has 0 bridgehead atoms. The van der Waals surface area contributed by atoms with Gasteiger partial charge in [0.05, 0.1) is 55.4 Å². The fraction of sp³-hybridized carbons (Fsp3) is 0.304. The van der Waals surface area contributed by atoms with Crippen LogP contribution in [0.15, 0.2) is 267 Å². The van der Waals surface area contributed by atoms with Crippen LogP contribution in [-0.2, 0) is 43.8 Å². The summed E-state index contributed by atoms with van der Waals surface area (Å²) in [6.07, 6.45) is -1.47. The predicted molar refractivity (Wildman–Crippen MR) is 509 cm³/mol. The zero-order valence-corrected chi connectivity index (χ0v) is 71.9. The van der Waals surface area contributed by atoms with E-state index >= 15 is 0 Å². The molecule has 117 heavy (non-hydrogen) atoms. The van der Waals surface area contributed by atoms with Crippen LogP contribution in [0.3, 0.4) is 0 Å². The second-order valence-electron chi connectivity index (χ2n) is 40.7. The Morgan fingerprint density at radius 3 is 0.880 bits per heavy atom. The second-order valence-corrected chi connectivity index (χ2v) is 40.7. The lowest BCUT2D eigenvalue weighted by atomic mass is 9.33. The van der Waals surface area contributed by atoms with Gasteiger partial charge in [0.2, 0.25) is 0 Å². The molecule has 0 fully saturated rings. The predicted octanol–water partition coefficient (Wildman–Crippen LogP) is 29.5. The summed E-state index contributed by atoms with van der Waals surface area (Å²) < 4.78 is 200. The van der Waals surface area contributed by atoms with Gasteiger partial charge < -0.3 is 18.9 Å². The molecule has 0 spiro atoms. The topological polar surface area (TPSA) is 16.3 Å². The minimum atomic E-state index is -2.07. The van der Waals surface area contributed by atoms with Gasteiger partial charge in [0.1, 0.15) is 0 Å². The summed E-state index contributed by atoms with van der Waals surface area (Å²) in [4.78, 5) is 4.49. The molecule has 0 amide bonds. The average Bonchev–Trinajstić information content (AvgIpc) is 1.52. The molecule has 2 aliphatic rings. The number of rotatable bonds is 14. The molecule has 5 heteroatoms. The molecule has 0 unspecified atom stereocenters. The molecule has 0 saturated heterocycles. The molecule has 0 N–H and O–H groups in total. The molecule has 590 valence electrons. The molecule has 0 aliphatic carbocycles. The van der Waals surface area contributed by atoms with Crippen LogP contribution in [0.25, 0.3) is 99.5 Å². The Balaban J connectivity index is 1.13. The number of aromatic nitrogens is 2. The van der Waals surface area contributed by atoms with Gasteiger partial charge in [-0.25, -0.2) is 0 Å². The summed E-state index contributed by atoms with van der Waals surface area (Å²) in [5, 5.41) is -0.474. The molecule has 17 rings (SSSR count). The van der Waals surface area contributed by atoms with Crippen LogP contribution in [0.4, 0.5) is 34.1 Å². The highest BCUT2D eigenvalue weighted by molar-refractivity contribution is 7.00. The van der Waals surface area contributed by atoms with Crippen molar-refractivity contribution in [2.45, 2.75) is 189 Å². The maximum atomic E-state index is 10.8. The maximum absolute atomic E-state index is 10.8. The summed E-state index contributed by atoms with van der Waals surface area (Å²) >= 11 is 0. The van der Waals surface area contributed by atoms with Gasteiger partial charge in [-0.15, -0.1) is 0 Å². The van der Waals surface area contributed by atoms with Crippen LogP contribution in [0.2, 0.25) is 0 Å².